The van der Waals surface area contributed by atoms with Crippen LogP contribution in [0.5, 0.6) is 11.5 Å². The Labute approximate surface area is 218 Å². The van der Waals surface area contributed by atoms with Crippen LogP contribution in [0.4, 0.5) is 0 Å². The Morgan fingerprint density at radius 1 is 0.750 bits per heavy atom. The Kier molecular flexibility index (Phi) is 8.03. The minimum atomic E-state index is -0.731. The summed E-state index contributed by atoms with van der Waals surface area (Å²) in [5.41, 5.74) is 7.77. The topological polar surface area (TPSA) is 21.7 Å². The molecule has 0 saturated heterocycles. The monoisotopic (exact) mass is 499 g/mol. The standard InChI is InChI=1S/C32H38NO2P/c1-21-17-26(18-22(2)31(21)34-7)36(27-19-23(3)32(35-8)24(4)20-27)29-16-12-15-28(29)30(33(5)6)25-13-10-9-11-14-25/h9-20,29-30H,1-8H3/t29?,30-/m1/s1. The van der Waals surface area contributed by atoms with Gasteiger partial charge in [0.15, 0.2) is 0 Å². The largest absolute Gasteiger partial charge is 0.496 e. The molecule has 3 nitrogen and oxygen atoms in total. The van der Waals surface area contributed by atoms with Crippen molar-refractivity contribution in [1.29, 1.82) is 0 Å². The lowest BCUT2D eigenvalue weighted by molar-refractivity contribution is 0.335. The van der Waals surface area contributed by atoms with Gasteiger partial charge in [0.25, 0.3) is 0 Å². The highest BCUT2D eigenvalue weighted by atomic mass is 31.1. The first-order valence-electron chi connectivity index (χ1n) is 12.5. The molecule has 0 radical (unpaired) electrons. The van der Waals surface area contributed by atoms with Crippen molar-refractivity contribution in [3.05, 3.63) is 106 Å². The molecule has 0 aliphatic heterocycles. The average Bonchev–Trinajstić information content (AvgIpc) is 3.28. The van der Waals surface area contributed by atoms with Crippen LogP contribution >= 0.6 is 7.92 Å². The molecule has 1 unspecified atom stereocenters. The minimum absolute atomic E-state index is 0.206. The van der Waals surface area contributed by atoms with E-state index in [-0.39, 0.29) is 11.7 Å². The molecule has 0 spiro atoms. The molecule has 1 aliphatic rings. The molecule has 0 aromatic heterocycles. The summed E-state index contributed by atoms with van der Waals surface area (Å²) in [6.07, 6.45) is 7.00. The maximum absolute atomic E-state index is 5.72. The summed E-state index contributed by atoms with van der Waals surface area (Å²) in [6, 6.07) is 20.4. The number of hydrogen-bond donors (Lipinski definition) is 0. The second-order valence-electron chi connectivity index (χ2n) is 9.87. The van der Waals surface area contributed by atoms with Gasteiger partial charge in [-0.2, -0.15) is 0 Å². The van der Waals surface area contributed by atoms with Crippen LogP contribution < -0.4 is 20.1 Å². The lowest BCUT2D eigenvalue weighted by Crippen LogP contribution is -2.29. The second-order valence-corrected chi connectivity index (χ2v) is 12.2. The number of aryl methyl sites for hydroxylation is 4. The van der Waals surface area contributed by atoms with Crippen molar-refractivity contribution >= 4 is 18.5 Å². The molecule has 0 saturated carbocycles. The van der Waals surface area contributed by atoms with Crippen LogP contribution in [-0.4, -0.2) is 38.9 Å². The fraction of sp³-hybridized carbons (Fsp3) is 0.312. The molecule has 3 aromatic carbocycles. The number of benzene rings is 3. The van der Waals surface area contributed by atoms with Gasteiger partial charge < -0.3 is 9.47 Å². The highest BCUT2D eigenvalue weighted by Gasteiger charge is 2.34. The van der Waals surface area contributed by atoms with Crippen molar-refractivity contribution in [2.45, 2.75) is 39.4 Å². The molecule has 0 heterocycles. The van der Waals surface area contributed by atoms with Crippen LogP contribution in [0.1, 0.15) is 33.9 Å². The molecule has 1 aliphatic carbocycles. The van der Waals surface area contributed by atoms with Crippen LogP contribution in [0.3, 0.4) is 0 Å². The molecule has 3 aromatic rings. The van der Waals surface area contributed by atoms with Crippen molar-refractivity contribution in [2.75, 3.05) is 28.3 Å². The lowest BCUT2D eigenvalue weighted by Gasteiger charge is -2.35. The highest BCUT2D eigenvalue weighted by molar-refractivity contribution is 7.74. The van der Waals surface area contributed by atoms with Gasteiger partial charge in [-0.1, -0.05) is 48.6 Å². The number of methoxy groups -OCH3 is 2. The van der Waals surface area contributed by atoms with Crippen LogP contribution in [0, 0.1) is 27.7 Å². The van der Waals surface area contributed by atoms with E-state index < -0.39 is 7.92 Å². The number of hydrogen-bond acceptors (Lipinski definition) is 3. The zero-order valence-corrected chi connectivity index (χ0v) is 23.7. The molecule has 4 rings (SSSR count). The molecule has 0 amide bonds. The predicted octanol–water partition coefficient (Wildman–Crippen LogP) is 6.54. The fourth-order valence-corrected chi connectivity index (χ4v) is 8.71. The predicted molar refractivity (Wildman–Crippen MR) is 155 cm³/mol. The van der Waals surface area contributed by atoms with E-state index in [2.05, 4.69) is 120 Å². The SMILES string of the molecule is COc1c(C)cc(P(c2cc(C)c(OC)c(C)c2)C2C=CC=C2[C@@H](c2ccccc2)N(C)C)cc1C. The molecule has 0 fully saturated rings. The number of rotatable bonds is 8. The third kappa shape index (κ3) is 5.01. The number of ether oxygens (including phenoxy) is 2. The van der Waals surface area contributed by atoms with Crippen molar-refractivity contribution in [3.63, 3.8) is 0 Å². The molecule has 188 valence electrons. The van der Waals surface area contributed by atoms with Crippen LogP contribution in [0.2, 0.25) is 0 Å². The Balaban J connectivity index is 1.91. The van der Waals surface area contributed by atoms with E-state index in [1.165, 1.54) is 44.0 Å². The molecule has 36 heavy (non-hydrogen) atoms. The Morgan fingerprint density at radius 3 is 1.64 bits per heavy atom. The molecule has 0 N–H and O–H groups in total. The third-order valence-corrected chi connectivity index (χ3v) is 9.66. The molecular formula is C32H38NO2P. The maximum atomic E-state index is 5.72. The van der Waals surface area contributed by atoms with Gasteiger partial charge in [-0.25, -0.2) is 0 Å². The van der Waals surface area contributed by atoms with Crippen LogP contribution in [0.25, 0.3) is 0 Å². The highest BCUT2D eigenvalue weighted by Crippen LogP contribution is 2.51. The summed E-state index contributed by atoms with van der Waals surface area (Å²) in [5, 5.41) is 2.75. The summed E-state index contributed by atoms with van der Waals surface area (Å²) in [5.74, 6) is 1.95. The number of nitrogens with zero attached hydrogens (tertiary/aromatic N) is 1. The van der Waals surface area contributed by atoms with E-state index in [1.807, 2.05) is 0 Å². The first-order valence-corrected chi connectivity index (χ1v) is 13.9. The van der Waals surface area contributed by atoms with Crippen molar-refractivity contribution in [2.24, 2.45) is 0 Å². The van der Waals surface area contributed by atoms with E-state index in [9.17, 15) is 0 Å². The van der Waals surface area contributed by atoms with Gasteiger partial charge in [0.05, 0.1) is 20.3 Å². The molecule has 0 bridgehead atoms. The first kappa shape index (κ1) is 26.2. The fourth-order valence-electron chi connectivity index (χ4n) is 5.64. The van der Waals surface area contributed by atoms with E-state index in [4.69, 9.17) is 9.47 Å². The summed E-state index contributed by atoms with van der Waals surface area (Å²) in [4.78, 5) is 2.34. The quantitative estimate of drug-likeness (QED) is 0.329. The van der Waals surface area contributed by atoms with Gasteiger partial charge >= 0.3 is 0 Å². The Hall–Kier alpha value is -2.87. The minimum Gasteiger partial charge on any atom is -0.496 e. The van der Waals surface area contributed by atoms with E-state index in [0.717, 1.165) is 11.5 Å². The van der Waals surface area contributed by atoms with Gasteiger partial charge in [-0.3, -0.25) is 4.90 Å². The Morgan fingerprint density at radius 2 is 1.22 bits per heavy atom. The van der Waals surface area contributed by atoms with E-state index >= 15 is 0 Å². The summed E-state index contributed by atoms with van der Waals surface area (Å²) in [6.45, 7) is 8.62. The smallest absolute Gasteiger partial charge is 0.124 e. The zero-order chi connectivity index (χ0) is 26.0. The Bertz CT molecular complexity index is 1190. The van der Waals surface area contributed by atoms with Gasteiger partial charge in [-0.05, 0) is 118 Å². The van der Waals surface area contributed by atoms with Crippen molar-refractivity contribution < 1.29 is 9.47 Å². The average molecular weight is 500 g/mol. The van der Waals surface area contributed by atoms with Gasteiger partial charge in [-0.15, -0.1) is 0 Å². The second kappa shape index (κ2) is 11.0. The van der Waals surface area contributed by atoms with E-state index in [1.54, 1.807) is 14.2 Å². The van der Waals surface area contributed by atoms with Crippen molar-refractivity contribution in [1.82, 2.24) is 4.90 Å². The maximum Gasteiger partial charge on any atom is 0.124 e. The first-order chi connectivity index (χ1) is 17.3. The summed E-state index contributed by atoms with van der Waals surface area (Å²) < 4.78 is 11.4. The summed E-state index contributed by atoms with van der Waals surface area (Å²) in [7, 11) is 7.15. The molecule has 2 atom stereocenters. The number of allylic oxidation sites excluding steroid dienone is 3. The van der Waals surface area contributed by atoms with Gasteiger partial charge in [0.1, 0.15) is 11.5 Å². The summed E-state index contributed by atoms with van der Waals surface area (Å²) >= 11 is 0. The normalized spacial score (nSPS) is 15.9. The van der Waals surface area contributed by atoms with Crippen LogP contribution in [-0.2, 0) is 0 Å². The lowest BCUT2D eigenvalue weighted by atomic mass is 9.97. The third-order valence-electron chi connectivity index (χ3n) is 7.00. The zero-order valence-electron chi connectivity index (χ0n) is 22.8. The van der Waals surface area contributed by atoms with Gasteiger partial charge in [0.2, 0.25) is 0 Å². The molecule has 4 heteroatoms. The van der Waals surface area contributed by atoms with Gasteiger partial charge in [0, 0.05) is 5.66 Å². The number of likely N-dealkylation sites (N-methyl/N-ethyl adjacent to an activating group) is 1. The van der Waals surface area contributed by atoms with Crippen LogP contribution in [0.15, 0.2) is 78.4 Å². The van der Waals surface area contributed by atoms with E-state index in [0.29, 0.717) is 0 Å². The van der Waals surface area contributed by atoms with Crippen molar-refractivity contribution in [3.8, 4) is 11.5 Å². The molecular weight excluding hydrogens is 461 g/mol.